The summed E-state index contributed by atoms with van der Waals surface area (Å²) in [5, 5.41) is 6.52. The standard InChI is InChI=1S/C28H29ClN4O3S/c1-2-3-27(35)33-18-16-32(17-19-33)23-10-8-22(9-11-23)30-28(37)31-26(34)15-13-24-12-14-25(36-24)20-4-6-21(29)7-5-20/h4-15H,2-3,16-19H2,1H3,(H2,30,31,34,37). The predicted molar refractivity (Wildman–Crippen MR) is 153 cm³/mol. The van der Waals surface area contributed by atoms with Crippen molar-refractivity contribution in [3.05, 3.63) is 77.5 Å². The van der Waals surface area contributed by atoms with Gasteiger partial charge in [-0.25, -0.2) is 0 Å². The molecule has 0 saturated carbocycles. The molecule has 2 amide bonds. The monoisotopic (exact) mass is 536 g/mol. The number of hydrogen-bond donors (Lipinski definition) is 2. The maximum atomic E-state index is 12.3. The van der Waals surface area contributed by atoms with E-state index in [0.717, 1.165) is 49.5 Å². The van der Waals surface area contributed by atoms with Crippen LogP contribution in [0.5, 0.6) is 0 Å². The Balaban J connectivity index is 1.23. The lowest BCUT2D eigenvalue weighted by Crippen LogP contribution is -2.48. The quantitative estimate of drug-likeness (QED) is 0.303. The number of amides is 2. The van der Waals surface area contributed by atoms with Gasteiger partial charge in [0.15, 0.2) is 5.11 Å². The molecule has 37 heavy (non-hydrogen) atoms. The highest BCUT2D eigenvalue weighted by Crippen LogP contribution is 2.24. The van der Waals surface area contributed by atoms with Crippen molar-refractivity contribution in [2.75, 3.05) is 36.4 Å². The minimum atomic E-state index is -0.367. The number of anilines is 2. The van der Waals surface area contributed by atoms with Crippen molar-refractivity contribution in [1.82, 2.24) is 10.2 Å². The number of halogens is 1. The first-order valence-corrected chi connectivity index (χ1v) is 13.0. The highest BCUT2D eigenvalue weighted by Gasteiger charge is 2.20. The number of carbonyl (C=O) groups is 2. The van der Waals surface area contributed by atoms with E-state index in [2.05, 4.69) is 15.5 Å². The average molecular weight is 537 g/mol. The number of benzene rings is 2. The Morgan fingerprint density at radius 1 is 1.00 bits per heavy atom. The van der Waals surface area contributed by atoms with Crippen LogP contribution in [0.1, 0.15) is 25.5 Å². The molecule has 2 N–H and O–H groups in total. The van der Waals surface area contributed by atoms with Crippen LogP contribution in [0.15, 0.2) is 71.2 Å². The van der Waals surface area contributed by atoms with Crippen LogP contribution in [0.3, 0.4) is 0 Å². The smallest absolute Gasteiger partial charge is 0.250 e. The molecule has 4 rings (SSSR count). The first-order valence-electron chi connectivity index (χ1n) is 12.2. The minimum Gasteiger partial charge on any atom is -0.457 e. The van der Waals surface area contributed by atoms with Crippen molar-refractivity contribution in [2.24, 2.45) is 0 Å². The van der Waals surface area contributed by atoms with Crippen LogP contribution < -0.4 is 15.5 Å². The fraction of sp³-hybridized carbons (Fsp3) is 0.250. The summed E-state index contributed by atoms with van der Waals surface area (Å²) in [5.41, 5.74) is 2.75. The van der Waals surface area contributed by atoms with Crippen molar-refractivity contribution in [3.8, 4) is 11.3 Å². The number of thiocarbonyl (C=S) groups is 1. The third-order valence-electron chi connectivity index (χ3n) is 5.98. The van der Waals surface area contributed by atoms with Crippen molar-refractivity contribution < 1.29 is 14.0 Å². The van der Waals surface area contributed by atoms with Crippen molar-refractivity contribution >= 4 is 58.2 Å². The number of rotatable bonds is 7. The van der Waals surface area contributed by atoms with Gasteiger partial charge in [0, 0.05) is 60.6 Å². The SMILES string of the molecule is CCCC(=O)N1CCN(c2ccc(NC(=S)NC(=O)C=Cc3ccc(-c4ccc(Cl)cc4)o3)cc2)CC1. The van der Waals surface area contributed by atoms with Gasteiger partial charge in [-0.2, -0.15) is 0 Å². The van der Waals surface area contributed by atoms with Crippen LogP contribution in [0.4, 0.5) is 11.4 Å². The van der Waals surface area contributed by atoms with Gasteiger partial charge in [-0.15, -0.1) is 0 Å². The van der Waals surface area contributed by atoms with Gasteiger partial charge in [0.25, 0.3) is 0 Å². The van der Waals surface area contributed by atoms with Crippen molar-refractivity contribution in [1.29, 1.82) is 0 Å². The average Bonchev–Trinajstić information content (AvgIpc) is 3.38. The Morgan fingerprint density at radius 2 is 1.70 bits per heavy atom. The number of carbonyl (C=O) groups excluding carboxylic acids is 2. The Hall–Kier alpha value is -3.62. The summed E-state index contributed by atoms with van der Waals surface area (Å²) in [6.07, 6.45) is 4.44. The molecule has 0 unspecified atom stereocenters. The van der Waals surface area contributed by atoms with Gasteiger partial charge in [-0.3, -0.25) is 14.9 Å². The number of nitrogens with zero attached hydrogens (tertiary/aromatic N) is 2. The van der Waals surface area contributed by atoms with Gasteiger partial charge >= 0.3 is 0 Å². The fourth-order valence-corrected chi connectivity index (χ4v) is 4.37. The fourth-order valence-electron chi connectivity index (χ4n) is 4.03. The summed E-state index contributed by atoms with van der Waals surface area (Å²) < 4.78 is 5.77. The lowest BCUT2D eigenvalue weighted by molar-refractivity contribution is -0.131. The van der Waals surface area contributed by atoms with Gasteiger partial charge < -0.3 is 19.5 Å². The molecule has 2 heterocycles. The minimum absolute atomic E-state index is 0.201. The normalized spacial score (nSPS) is 13.6. The van der Waals surface area contributed by atoms with Crippen LogP contribution in [-0.2, 0) is 9.59 Å². The van der Waals surface area contributed by atoms with Crippen LogP contribution in [0.25, 0.3) is 17.4 Å². The molecule has 0 atom stereocenters. The molecular weight excluding hydrogens is 508 g/mol. The van der Waals surface area contributed by atoms with E-state index >= 15 is 0 Å². The molecule has 1 fully saturated rings. The molecular formula is C28H29ClN4O3S. The van der Waals surface area contributed by atoms with Gasteiger partial charge in [0.2, 0.25) is 11.8 Å². The first-order chi connectivity index (χ1) is 17.9. The summed E-state index contributed by atoms with van der Waals surface area (Å²) in [4.78, 5) is 28.6. The van der Waals surface area contributed by atoms with E-state index in [1.165, 1.54) is 6.08 Å². The van der Waals surface area contributed by atoms with E-state index in [0.29, 0.717) is 23.0 Å². The second-order valence-corrected chi connectivity index (χ2v) is 9.50. The topological polar surface area (TPSA) is 77.8 Å². The third-order valence-corrected chi connectivity index (χ3v) is 6.43. The molecule has 1 aliphatic rings. The highest BCUT2D eigenvalue weighted by molar-refractivity contribution is 7.80. The molecule has 7 nitrogen and oxygen atoms in total. The van der Waals surface area contributed by atoms with Crippen LogP contribution in [-0.4, -0.2) is 48.0 Å². The zero-order valence-electron chi connectivity index (χ0n) is 20.6. The van der Waals surface area contributed by atoms with Crippen LogP contribution >= 0.6 is 23.8 Å². The summed E-state index contributed by atoms with van der Waals surface area (Å²) in [6, 6.07) is 18.8. The Labute approximate surface area is 227 Å². The lowest BCUT2D eigenvalue weighted by Gasteiger charge is -2.36. The predicted octanol–water partition coefficient (Wildman–Crippen LogP) is 5.58. The summed E-state index contributed by atoms with van der Waals surface area (Å²) in [5.74, 6) is 1.10. The van der Waals surface area contributed by atoms with Crippen LogP contribution in [0, 0.1) is 0 Å². The third kappa shape index (κ3) is 7.44. The van der Waals surface area contributed by atoms with Crippen molar-refractivity contribution in [2.45, 2.75) is 19.8 Å². The molecule has 0 aliphatic carbocycles. The van der Waals surface area contributed by atoms with E-state index in [1.807, 2.05) is 54.3 Å². The molecule has 1 aromatic heterocycles. The van der Waals surface area contributed by atoms with Gasteiger partial charge in [-0.1, -0.05) is 18.5 Å². The second kappa shape index (κ2) is 12.6. The molecule has 0 radical (unpaired) electrons. The first kappa shape index (κ1) is 26.4. The maximum Gasteiger partial charge on any atom is 0.250 e. The summed E-state index contributed by atoms with van der Waals surface area (Å²) in [7, 11) is 0. The summed E-state index contributed by atoms with van der Waals surface area (Å²) in [6.45, 7) is 5.11. The van der Waals surface area contributed by atoms with Crippen LogP contribution in [0.2, 0.25) is 5.02 Å². The Morgan fingerprint density at radius 3 is 2.38 bits per heavy atom. The Kier molecular flexibility index (Phi) is 8.98. The number of furan rings is 1. The number of nitrogens with one attached hydrogen (secondary N) is 2. The number of piperazine rings is 1. The molecule has 9 heteroatoms. The molecule has 1 aliphatic heterocycles. The molecule has 3 aromatic rings. The molecule has 0 spiro atoms. The van der Waals surface area contributed by atoms with Crippen molar-refractivity contribution in [3.63, 3.8) is 0 Å². The van der Waals surface area contributed by atoms with Gasteiger partial charge in [0.1, 0.15) is 11.5 Å². The molecule has 2 aromatic carbocycles. The Bertz CT molecular complexity index is 1260. The zero-order chi connectivity index (χ0) is 26.2. The van der Waals surface area contributed by atoms with E-state index in [4.69, 9.17) is 28.2 Å². The number of hydrogen-bond acceptors (Lipinski definition) is 5. The lowest BCUT2D eigenvalue weighted by atomic mass is 10.2. The molecule has 1 saturated heterocycles. The zero-order valence-corrected chi connectivity index (χ0v) is 22.1. The molecule has 0 bridgehead atoms. The maximum absolute atomic E-state index is 12.3. The van der Waals surface area contributed by atoms with E-state index in [9.17, 15) is 9.59 Å². The second-order valence-electron chi connectivity index (χ2n) is 8.65. The van der Waals surface area contributed by atoms with Gasteiger partial charge in [-0.05, 0) is 85.4 Å². The summed E-state index contributed by atoms with van der Waals surface area (Å²) >= 11 is 11.2. The largest absolute Gasteiger partial charge is 0.457 e. The highest BCUT2D eigenvalue weighted by atomic mass is 35.5. The van der Waals surface area contributed by atoms with Gasteiger partial charge in [0.05, 0.1) is 0 Å². The van der Waals surface area contributed by atoms with E-state index in [-0.39, 0.29) is 16.9 Å². The molecule has 192 valence electrons. The van der Waals surface area contributed by atoms with E-state index < -0.39 is 0 Å². The van der Waals surface area contributed by atoms with E-state index in [1.54, 1.807) is 24.3 Å².